The van der Waals surface area contributed by atoms with E-state index in [1.54, 1.807) is 0 Å². The van der Waals surface area contributed by atoms with Crippen molar-refractivity contribution in [2.75, 3.05) is 0 Å². The largest absolute Gasteiger partial charge is 0.483 e. The molecule has 19 heavy (non-hydrogen) atoms. The Balaban J connectivity index is 3.10. The van der Waals surface area contributed by atoms with Gasteiger partial charge in [-0.25, -0.2) is 0 Å². The minimum absolute atomic E-state index is 0.00942. The first-order valence-electron chi connectivity index (χ1n) is 7.12. The first-order valence-corrected chi connectivity index (χ1v) is 7.12. The van der Waals surface area contributed by atoms with Gasteiger partial charge in [-0.1, -0.05) is 46.8 Å². The molecule has 0 aliphatic rings. The summed E-state index contributed by atoms with van der Waals surface area (Å²) in [7, 11) is 0. The molecule has 0 aliphatic carbocycles. The Bertz CT molecular complexity index is 441. The molecule has 0 saturated carbocycles. The zero-order valence-corrected chi connectivity index (χ0v) is 13.0. The quantitative estimate of drug-likeness (QED) is 0.791. The number of hydrogen-bond acceptors (Lipinski definition) is 2. The van der Waals surface area contributed by atoms with Gasteiger partial charge in [0.1, 0.15) is 5.75 Å². The number of carbonyl (C=O) groups is 1. The van der Waals surface area contributed by atoms with Crippen molar-refractivity contribution >= 4 is 5.78 Å². The van der Waals surface area contributed by atoms with Crippen LogP contribution in [-0.2, 0) is 16.6 Å². The van der Waals surface area contributed by atoms with Crippen LogP contribution in [-0.4, -0.2) is 11.9 Å². The van der Waals surface area contributed by atoms with Gasteiger partial charge >= 0.3 is 0 Å². The van der Waals surface area contributed by atoms with E-state index in [0.29, 0.717) is 6.42 Å². The predicted molar refractivity (Wildman–Crippen MR) is 79.9 cm³/mol. The summed E-state index contributed by atoms with van der Waals surface area (Å²) >= 11 is 0. The summed E-state index contributed by atoms with van der Waals surface area (Å²) in [4.78, 5) is 11.7. The molecule has 1 atom stereocenters. The monoisotopic (exact) mass is 262 g/mol. The molecule has 2 heteroatoms. The summed E-state index contributed by atoms with van der Waals surface area (Å²) in [5, 5.41) is 0. The van der Waals surface area contributed by atoms with Gasteiger partial charge in [0.2, 0.25) is 0 Å². The second-order valence-corrected chi connectivity index (χ2v) is 6.01. The van der Waals surface area contributed by atoms with Gasteiger partial charge in [-0.3, -0.25) is 4.79 Å². The highest BCUT2D eigenvalue weighted by molar-refractivity contribution is 5.82. The second-order valence-electron chi connectivity index (χ2n) is 6.01. The zero-order chi connectivity index (χ0) is 14.6. The average Bonchev–Trinajstić information content (AvgIpc) is 2.36. The highest BCUT2D eigenvalue weighted by Crippen LogP contribution is 2.33. The zero-order valence-electron chi connectivity index (χ0n) is 13.0. The molecule has 0 N–H and O–H groups in total. The Morgan fingerprint density at radius 2 is 1.89 bits per heavy atom. The van der Waals surface area contributed by atoms with Crippen molar-refractivity contribution in [3.8, 4) is 5.75 Å². The summed E-state index contributed by atoms with van der Waals surface area (Å²) in [6.45, 7) is 12.3. The van der Waals surface area contributed by atoms with E-state index < -0.39 is 0 Å². The average molecular weight is 262 g/mol. The van der Waals surface area contributed by atoms with Gasteiger partial charge in [0.25, 0.3) is 0 Å². The molecule has 0 aliphatic heterocycles. The molecule has 0 amide bonds. The van der Waals surface area contributed by atoms with Crippen LogP contribution in [0, 0.1) is 0 Å². The number of ketones is 1. The Hall–Kier alpha value is -1.31. The maximum Gasteiger partial charge on any atom is 0.172 e. The maximum absolute atomic E-state index is 11.7. The first-order chi connectivity index (χ1) is 8.79. The van der Waals surface area contributed by atoms with E-state index in [1.807, 2.05) is 19.9 Å². The number of rotatable bonds is 5. The molecule has 0 aromatic heterocycles. The van der Waals surface area contributed by atoms with Crippen molar-refractivity contribution in [2.24, 2.45) is 0 Å². The Morgan fingerprint density at radius 1 is 1.26 bits per heavy atom. The van der Waals surface area contributed by atoms with E-state index in [1.165, 1.54) is 11.1 Å². The van der Waals surface area contributed by atoms with Crippen LogP contribution < -0.4 is 4.74 Å². The van der Waals surface area contributed by atoms with Crippen molar-refractivity contribution in [3.05, 3.63) is 29.3 Å². The topological polar surface area (TPSA) is 26.3 Å². The van der Waals surface area contributed by atoms with Crippen LogP contribution in [0.2, 0.25) is 0 Å². The summed E-state index contributed by atoms with van der Waals surface area (Å²) in [6.07, 6.45) is 1.14. The molecular weight excluding hydrogens is 236 g/mol. The summed E-state index contributed by atoms with van der Waals surface area (Å²) < 4.78 is 5.87. The van der Waals surface area contributed by atoms with E-state index >= 15 is 0 Å². The van der Waals surface area contributed by atoms with E-state index in [0.717, 1.165) is 12.2 Å². The molecule has 0 radical (unpaired) electrons. The van der Waals surface area contributed by atoms with E-state index in [9.17, 15) is 4.79 Å². The lowest BCUT2D eigenvalue weighted by Crippen LogP contribution is -2.25. The van der Waals surface area contributed by atoms with Gasteiger partial charge in [-0.2, -0.15) is 0 Å². The fourth-order valence-corrected chi connectivity index (χ4v) is 2.03. The Labute approximate surface area is 117 Å². The van der Waals surface area contributed by atoms with Gasteiger partial charge in [0.15, 0.2) is 11.9 Å². The van der Waals surface area contributed by atoms with Gasteiger partial charge in [-0.05, 0) is 36.0 Å². The lowest BCUT2D eigenvalue weighted by molar-refractivity contribution is -0.124. The normalized spacial score (nSPS) is 13.2. The smallest absolute Gasteiger partial charge is 0.172 e. The lowest BCUT2D eigenvalue weighted by atomic mass is 9.85. The second kappa shape index (κ2) is 6.23. The molecule has 106 valence electrons. The van der Waals surface area contributed by atoms with Crippen molar-refractivity contribution in [1.82, 2.24) is 0 Å². The van der Waals surface area contributed by atoms with E-state index in [2.05, 4.69) is 39.8 Å². The van der Waals surface area contributed by atoms with Crippen LogP contribution in [0.3, 0.4) is 0 Å². The minimum Gasteiger partial charge on any atom is -0.483 e. The lowest BCUT2D eigenvalue weighted by Gasteiger charge is -2.25. The fraction of sp³-hybridized carbons (Fsp3) is 0.588. The highest BCUT2D eigenvalue weighted by Gasteiger charge is 2.22. The summed E-state index contributed by atoms with van der Waals surface area (Å²) in [5.74, 6) is 0.971. The number of benzene rings is 1. The number of carbonyl (C=O) groups excluding carboxylic acids is 1. The number of aryl methyl sites for hydroxylation is 1. The van der Waals surface area contributed by atoms with Crippen LogP contribution in [0.5, 0.6) is 5.75 Å². The molecule has 0 heterocycles. The van der Waals surface area contributed by atoms with Crippen LogP contribution in [0.15, 0.2) is 18.2 Å². The Morgan fingerprint density at radius 3 is 2.37 bits per heavy atom. The standard InChI is InChI=1S/C17H26O2/c1-7-13-9-10-16(14(11-13)17(4,5)6)19-12(3)15(18)8-2/h9-12H,7-8H2,1-6H3. The molecule has 0 saturated heterocycles. The fourth-order valence-electron chi connectivity index (χ4n) is 2.03. The molecule has 2 nitrogen and oxygen atoms in total. The number of Topliss-reactive ketones (excluding diaryl/α,β-unsaturated/α-hetero) is 1. The van der Waals surface area contributed by atoms with E-state index in [4.69, 9.17) is 4.74 Å². The molecule has 1 rings (SSSR count). The van der Waals surface area contributed by atoms with Crippen LogP contribution in [0.1, 0.15) is 59.1 Å². The summed E-state index contributed by atoms with van der Waals surface area (Å²) in [6, 6.07) is 6.27. The molecule has 1 aromatic rings. The molecule has 1 unspecified atom stereocenters. The van der Waals surface area contributed by atoms with Crippen molar-refractivity contribution in [2.45, 2.75) is 65.9 Å². The van der Waals surface area contributed by atoms with Crippen molar-refractivity contribution < 1.29 is 9.53 Å². The molecule has 0 bridgehead atoms. The number of hydrogen-bond donors (Lipinski definition) is 0. The van der Waals surface area contributed by atoms with E-state index in [-0.39, 0.29) is 17.3 Å². The molecular formula is C17H26O2. The highest BCUT2D eigenvalue weighted by atomic mass is 16.5. The third-order valence-corrected chi connectivity index (χ3v) is 3.37. The maximum atomic E-state index is 11.7. The van der Waals surface area contributed by atoms with Crippen molar-refractivity contribution in [3.63, 3.8) is 0 Å². The minimum atomic E-state index is -0.376. The van der Waals surface area contributed by atoms with Crippen molar-refractivity contribution in [1.29, 1.82) is 0 Å². The first kappa shape index (κ1) is 15.7. The van der Waals surface area contributed by atoms with Crippen LogP contribution >= 0.6 is 0 Å². The van der Waals surface area contributed by atoms with Gasteiger partial charge < -0.3 is 4.74 Å². The molecule has 0 fully saturated rings. The third-order valence-electron chi connectivity index (χ3n) is 3.37. The van der Waals surface area contributed by atoms with Gasteiger partial charge in [-0.15, -0.1) is 0 Å². The Kier molecular flexibility index (Phi) is 5.16. The third kappa shape index (κ3) is 4.09. The van der Waals surface area contributed by atoms with Crippen LogP contribution in [0.4, 0.5) is 0 Å². The van der Waals surface area contributed by atoms with Crippen LogP contribution in [0.25, 0.3) is 0 Å². The SMILES string of the molecule is CCC(=O)C(C)Oc1ccc(CC)cc1C(C)(C)C. The number of ether oxygens (including phenoxy) is 1. The predicted octanol–water partition coefficient (Wildman–Crippen LogP) is 4.29. The molecule has 1 aromatic carbocycles. The van der Waals surface area contributed by atoms with Gasteiger partial charge in [0, 0.05) is 6.42 Å². The summed E-state index contributed by atoms with van der Waals surface area (Å²) in [5.41, 5.74) is 2.48. The molecule has 0 spiro atoms. The van der Waals surface area contributed by atoms with Gasteiger partial charge in [0.05, 0.1) is 0 Å².